The van der Waals surface area contributed by atoms with Crippen LogP contribution in [-0.4, -0.2) is 21.4 Å². The van der Waals surface area contributed by atoms with E-state index in [4.69, 9.17) is 0 Å². The fraction of sp³-hybridized carbons (Fsp3) is 0.167. The molecule has 3 amide bonds. The number of hydrogen-bond donors (Lipinski definition) is 1. The first-order valence-electron chi connectivity index (χ1n) is 9.68. The van der Waals surface area contributed by atoms with Gasteiger partial charge in [-0.05, 0) is 62.2 Å². The Kier molecular flexibility index (Phi) is 5.35. The third kappa shape index (κ3) is 3.83. The van der Waals surface area contributed by atoms with E-state index in [1.807, 2.05) is 75.4 Å². The fourth-order valence-electron chi connectivity index (χ4n) is 3.81. The molecule has 2 aromatic carbocycles. The molecule has 1 aliphatic rings. The molecule has 5 nitrogen and oxygen atoms in total. The molecule has 0 atom stereocenters. The van der Waals surface area contributed by atoms with Gasteiger partial charge in [-0.15, -0.1) is 0 Å². The van der Waals surface area contributed by atoms with E-state index < -0.39 is 6.03 Å². The maximum Gasteiger partial charge on any atom is 0.329 e. The van der Waals surface area contributed by atoms with Crippen molar-refractivity contribution in [3.63, 3.8) is 0 Å². The smallest absolute Gasteiger partial charge is 0.318 e. The highest BCUT2D eigenvalue weighted by atomic mass is 79.9. The van der Waals surface area contributed by atoms with Crippen LogP contribution in [0.15, 0.2) is 64.8 Å². The third-order valence-corrected chi connectivity index (χ3v) is 5.72. The monoisotopic (exact) mass is 463 g/mol. The van der Waals surface area contributed by atoms with Gasteiger partial charge in [-0.2, -0.15) is 0 Å². The Bertz CT molecular complexity index is 1190. The minimum atomic E-state index is -0.395. The van der Waals surface area contributed by atoms with Crippen molar-refractivity contribution in [2.24, 2.45) is 0 Å². The lowest BCUT2D eigenvalue weighted by Crippen LogP contribution is -2.30. The molecule has 1 aromatic heterocycles. The zero-order valence-corrected chi connectivity index (χ0v) is 18.7. The zero-order chi connectivity index (χ0) is 21.4. The molecule has 6 heteroatoms. The van der Waals surface area contributed by atoms with Crippen LogP contribution in [0.3, 0.4) is 0 Å². The van der Waals surface area contributed by atoms with E-state index in [0.717, 1.165) is 38.2 Å². The molecule has 0 unspecified atom stereocenters. The van der Waals surface area contributed by atoms with Crippen molar-refractivity contribution in [1.82, 2.24) is 14.8 Å². The summed E-state index contributed by atoms with van der Waals surface area (Å²) < 4.78 is 3.13. The second-order valence-corrected chi connectivity index (χ2v) is 8.43. The lowest BCUT2D eigenvalue weighted by atomic mass is 10.1. The van der Waals surface area contributed by atoms with Crippen LogP contribution in [0.5, 0.6) is 0 Å². The van der Waals surface area contributed by atoms with Gasteiger partial charge in [-0.1, -0.05) is 51.8 Å². The van der Waals surface area contributed by atoms with Crippen LogP contribution < -0.4 is 5.32 Å². The van der Waals surface area contributed by atoms with Gasteiger partial charge in [0, 0.05) is 21.5 Å². The Balaban J connectivity index is 1.63. The van der Waals surface area contributed by atoms with Crippen molar-refractivity contribution in [3.8, 4) is 5.69 Å². The van der Waals surface area contributed by atoms with Gasteiger partial charge >= 0.3 is 6.03 Å². The second-order valence-electron chi connectivity index (χ2n) is 7.51. The van der Waals surface area contributed by atoms with Crippen LogP contribution in [0.25, 0.3) is 11.8 Å². The van der Waals surface area contributed by atoms with Crippen molar-refractivity contribution >= 4 is 33.9 Å². The maximum absolute atomic E-state index is 12.9. The molecule has 1 saturated heterocycles. The standard InChI is InChI=1S/C24H22BrN3O2/c1-15-6-4-7-18(10-15)14-27-23(29)22(26-24(27)30)12-19-11-16(2)28(17(19)3)21-9-5-8-20(25)13-21/h4-13H,14H2,1-3H3,(H,26,30)/b22-12+. The van der Waals surface area contributed by atoms with Crippen LogP contribution in [0.4, 0.5) is 4.79 Å². The molecule has 1 fully saturated rings. The normalized spacial score (nSPS) is 15.2. The number of urea groups is 1. The molecule has 0 bridgehead atoms. The summed E-state index contributed by atoms with van der Waals surface area (Å²) in [6, 6.07) is 17.5. The summed E-state index contributed by atoms with van der Waals surface area (Å²) >= 11 is 3.52. The molecule has 1 N–H and O–H groups in total. The number of carbonyl (C=O) groups excluding carboxylic acids is 2. The summed E-state index contributed by atoms with van der Waals surface area (Å²) in [5.41, 5.74) is 6.29. The van der Waals surface area contributed by atoms with Crippen LogP contribution in [0.2, 0.25) is 0 Å². The predicted octanol–water partition coefficient (Wildman–Crippen LogP) is 5.26. The summed E-state index contributed by atoms with van der Waals surface area (Å²) in [6.07, 6.45) is 1.76. The van der Waals surface area contributed by atoms with Gasteiger partial charge in [0.25, 0.3) is 5.91 Å². The summed E-state index contributed by atoms with van der Waals surface area (Å²) in [5.74, 6) is -0.311. The van der Waals surface area contributed by atoms with E-state index in [1.165, 1.54) is 4.90 Å². The second kappa shape index (κ2) is 7.95. The number of benzene rings is 2. The minimum Gasteiger partial charge on any atom is -0.318 e. The number of rotatable bonds is 4. The molecule has 0 saturated carbocycles. The van der Waals surface area contributed by atoms with E-state index >= 15 is 0 Å². The molecule has 0 spiro atoms. The molecule has 30 heavy (non-hydrogen) atoms. The zero-order valence-electron chi connectivity index (χ0n) is 17.1. The van der Waals surface area contributed by atoms with Gasteiger partial charge in [0.15, 0.2) is 0 Å². The first-order chi connectivity index (χ1) is 14.3. The number of nitrogens with one attached hydrogen (secondary N) is 1. The largest absolute Gasteiger partial charge is 0.329 e. The Labute approximate surface area is 184 Å². The maximum atomic E-state index is 12.9. The number of aryl methyl sites for hydroxylation is 2. The van der Waals surface area contributed by atoms with Crippen LogP contribution in [-0.2, 0) is 11.3 Å². The molecule has 0 radical (unpaired) electrons. The van der Waals surface area contributed by atoms with Gasteiger partial charge in [0.1, 0.15) is 5.70 Å². The molecule has 152 valence electrons. The molecule has 3 aromatic rings. The lowest BCUT2D eigenvalue weighted by Gasteiger charge is -2.12. The van der Waals surface area contributed by atoms with Crippen LogP contribution in [0.1, 0.15) is 28.1 Å². The van der Waals surface area contributed by atoms with Crippen molar-refractivity contribution in [2.75, 3.05) is 0 Å². The number of aromatic nitrogens is 1. The summed E-state index contributed by atoms with van der Waals surface area (Å²) in [5, 5.41) is 2.72. The number of carbonyl (C=O) groups is 2. The topological polar surface area (TPSA) is 54.3 Å². The summed E-state index contributed by atoms with van der Waals surface area (Å²) in [4.78, 5) is 26.6. The first kappa shape index (κ1) is 20.2. The Hall–Kier alpha value is -3.12. The molecule has 4 rings (SSSR count). The number of nitrogens with zero attached hydrogens (tertiary/aromatic N) is 2. The molecular formula is C24H22BrN3O2. The van der Waals surface area contributed by atoms with E-state index in [2.05, 4.69) is 25.8 Å². The lowest BCUT2D eigenvalue weighted by molar-refractivity contribution is -0.123. The van der Waals surface area contributed by atoms with Gasteiger partial charge < -0.3 is 9.88 Å². The van der Waals surface area contributed by atoms with Gasteiger partial charge in [-0.25, -0.2) is 4.79 Å². The molecule has 1 aliphatic heterocycles. The molecular weight excluding hydrogens is 442 g/mol. The minimum absolute atomic E-state index is 0.251. The van der Waals surface area contributed by atoms with Gasteiger partial charge in [0.05, 0.1) is 6.54 Å². The highest BCUT2D eigenvalue weighted by molar-refractivity contribution is 9.10. The van der Waals surface area contributed by atoms with Crippen molar-refractivity contribution in [1.29, 1.82) is 0 Å². The van der Waals surface area contributed by atoms with Crippen molar-refractivity contribution in [3.05, 3.63) is 92.8 Å². The average Bonchev–Trinajstić information content (AvgIpc) is 3.11. The number of amides is 3. The Morgan fingerprint density at radius 2 is 1.77 bits per heavy atom. The predicted molar refractivity (Wildman–Crippen MR) is 121 cm³/mol. The van der Waals surface area contributed by atoms with E-state index in [0.29, 0.717) is 5.70 Å². The third-order valence-electron chi connectivity index (χ3n) is 5.22. The summed E-state index contributed by atoms with van der Waals surface area (Å²) in [7, 11) is 0. The number of imide groups is 1. The van der Waals surface area contributed by atoms with Gasteiger partial charge in [-0.3, -0.25) is 9.69 Å². The quantitative estimate of drug-likeness (QED) is 0.423. The van der Waals surface area contributed by atoms with Gasteiger partial charge in [0.2, 0.25) is 0 Å². The van der Waals surface area contributed by atoms with E-state index in [1.54, 1.807) is 6.08 Å². The Morgan fingerprint density at radius 3 is 2.50 bits per heavy atom. The molecule has 2 heterocycles. The Morgan fingerprint density at radius 1 is 1.00 bits per heavy atom. The molecule has 0 aliphatic carbocycles. The average molecular weight is 464 g/mol. The van der Waals surface area contributed by atoms with Crippen molar-refractivity contribution < 1.29 is 9.59 Å². The fourth-order valence-corrected chi connectivity index (χ4v) is 4.20. The highest BCUT2D eigenvalue weighted by Gasteiger charge is 2.33. The first-order valence-corrected chi connectivity index (χ1v) is 10.5. The van der Waals surface area contributed by atoms with Crippen molar-refractivity contribution in [2.45, 2.75) is 27.3 Å². The SMILES string of the molecule is Cc1cccc(CN2C(=O)N/C(=C/c3cc(C)n(-c4cccc(Br)c4)c3C)C2=O)c1. The number of hydrogen-bond acceptors (Lipinski definition) is 2. The van der Waals surface area contributed by atoms with E-state index in [-0.39, 0.29) is 12.5 Å². The number of halogens is 1. The van der Waals surface area contributed by atoms with Crippen LogP contribution >= 0.6 is 15.9 Å². The summed E-state index contributed by atoms with van der Waals surface area (Å²) in [6.45, 7) is 6.27. The van der Waals surface area contributed by atoms with E-state index in [9.17, 15) is 9.59 Å². The van der Waals surface area contributed by atoms with Crippen LogP contribution in [0, 0.1) is 20.8 Å². The highest BCUT2D eigenvalue weighted by Crippen LogP contribution is 2.26.